The molecule has 0 aliphatic carbocycles. The topological polar surface area (TPSA) is 108 Å². The molecule has 2 N–H and O–H groups in total. The minimum Gasteiger partial charge on any atom is -0.496 e. The van der Waals surface area contributed by atoms with E-state index in [0.29, 0.717) is 5.03 Å². The summed E-state index contributed by atoms with van der Waals surface area (Å²) in [7, 11) is 1.39. The lowest BCUT2D eigenvalue weighted by Gasteiger charge is -2.17. The quantitative estimate of drug-likeness (QED) is 0.410. The number of halogens is 1. The molecule has 0 unspecified atom stereocenters. The van der Waals surface area contributed by atoms with Gasteiger partial charge in [0, 0.05) is 6.07 Å². The number of amides is 1. The second-order valence-corrected chi connectivity index (χ2v) is 6.68. The van der Waals surface area contributed by atoms with Crippen LogP contribution in [0.5, 0.6) is 5.75 Å². The normalized spacial score (nSPS) is 15.1. The number of nitrogens with two attached hydrogens (primary N) is 1. The molecule has 0 bridgehead atoms. The molecule has 146 valence electrons. The predicted octanol–water partition coefficient (Wildman–Crippen LogP) is 2.07. The van der Waals surface area contributed by atoms with E-state index in [2.05, 4.69) is 0 Å². The monoisotopic (exact) mass is 414 g/mol. The number of nitrogens with zero attached hydrogens (tertiary/aromatic N) is 1. The Bertz CT molecular complexity index is 783. The first-order chi connectivity index (χ1) is 12.9. The summed E-state index contributed by atoms with van der Waals surface area (Å²) in [5.41, 5.74) is 6.09. The van der Waals surface area contributed by atoms with Gasteiger partial charge in [0.25, 0.3) is 0 Å². The van der Waals surface area contributed by atoms with Gasteiger partial charge in [0.2, 0.25) is 5.91 Å². The number of rotatable bonds is 7. The summed E-state index contributed by atoms with van der Waals surface area (Å²) in [6.07, 6.45) is 1.25. The molecule has 0 aromatic heterocycles. The summed E-state index contributed by atoms with van der Waals surface area (Å²) in [4.78, 5) is 37.2. The molecule has 1 amide bonds. The highest BCUT2D eigenvalue weighted by Crippen LogP contribution is 2.30. The van der Waals surface area contributed by atoms with E-state index in [1.54, 1.807) is 6.92 Å². The van der Waals surface area contributed by atoms with Crippen LogP contribution in [0, 0.1) is 0 Å². The van der Waals surface area contributed by atoms with Gasteiger partial charge in [-0.05, 0) is 13.0 Å². The first-order valence-electron chi connectivity index (χ1n) is 7.99. The van der Waals surface area contributed by atoms with Crippen molar-refractivity contribution in [2.75, 3.05) is 38.4 Å². The van der Waals surface area contributed by atoms with Crippen LogP contribution in [0.4, 0.5) is 5.69 Å². The summed E-state index contributed by atoms with van der Waals surface area (Å²) >= 11 is 7.16. The zero-order chi connectivity index (χ0) is 20.0. The van der Waals surface area contributed by atoms with Crippen molar-refractivity contribution in [2.45, 2.75) is 6.92 Å². The molecular formula is C17H19ClN2O6S. The summed E-state index contributed by atoms with van der Waals surface area (Å²) in [5, 5.41) is 0.663. The van der Waals surface area contributed by atoms with Crippen molar-refractivity contribution in [1.29, 1.82) is 0 Å². The Morgan fingerprint density at radius 2 is 2.11 bits per heavy atom. The van der Waals surface area contributed by atoms with Crippen molar-refractivity contribution in [3.63, 3.8) is 0 Å². The maximum Gasteiger partial charge on any atom is 0.342 e. The van der Waals surface area contributed by atoms with Crippen LogP contribution >= 0.6 is 23.4 Å². The second kappa shape index (κ2) is 9.52. The number of methoxy groups -OCH3 is 1. The van der Waals surface area contributed by atoms with E-state index in [4.69, 9.17) is 31.5 Å². The average Bonchev–Trinajstić information content (AvgIpc) is 2.97. The molecule has 10 heteroatoms. The number of thioether (sulfide) groups is 1. The SMILES string of the molecule is CCOC(=O)C=C1SCC(=O)N1CCOC(=O)c1cc(Cl)c(N)cc1OC. The fraction of sp³-hybridized carbons (Fsp3) is 0.353. The summed E-state index contributed by atoms with van der Waals surface area (Å²) in [5.74, 6) is -0.931. The van der Waals surface area contributed by atoms with Gasteiger partial charge in [-0.1, -0.05) is 23.4 Å². The van der Waals surface area contributed by atoms with Crippen molar-refractivity contribution in [3.05, 3.63) is 33.8 Å². The van der Waals surface area contributed by atoms with Gasteiger partial charge in [-0.2, -0.15) is 0 Å². The molecule has 1 aliphatic heterocycles. The van der Waals surface area contributed by atoms with Gasteiger partial charge in [0.05, 0.1) is 47.8 Å². The molecule has 27 heavy (non-hydrogen) atoms. The van der Waals surface area contributed by atoms with Crippen LogP contribution in [0.3, 0.4) is 0 Å². The van der Waals surface area contributed by atoms with Gasteiger partial charge in [0.1, 0.15) is 17.9 Å². The van der Waals surface area contributed by atoms with E-state index in [9.17, 15) is 14.4 Å². The highest BCUT2D eigenvalue weighted by molar-refractivity contribution is 8.04. The largest absolute Gasteiger partial charge is 0.496 e. The van der Waals surface area contributed by atoms with Gasteiger partial charge in [-0.25, -0.2) is 9.59 Å². The number of carbonyl (C=O) groups excluding carboxylic acids is 3. The van der Waals surface area contributed by atoms with E-state index in [0.717, 1.165) is 0 Å². The highest BCUT2D eigenvalue weighted by Gasteiger charge is 2.27. The molecule has 8 nitrogen and oxygen atoms in total. The number of hydrogen-bond donors (Lipinski definition) is 1. The number of carbonyl (C=O) groups is 3. The van der Waals surface area contributed by atoms with E-state index in [1.165, 1.54) is 42.0 Å². The van der Waals surface area contributed by atoms with Crippen LogP contribution in [0.1, 0.15) is 17.3 Å². The smallest absolute Gasteiger partial charge is 0.342 e. The minimum atomic E-state index is -0.663. The second-order valence-electron chi connectivity index (χ2n) is 5.28. The van der Waals surface area contributed by atoms with Crippen LogP contribution in [0.2, 0.25) is 5.02 Å². The number of ether oxygens (including phenoxy) is 3. The third-order valence-electron chi connectivity index (χ3n) is 3.53. The fourth-order valence-corrected chi connectivity index (χ4v) is 3.38. The average molecular weight is 415 g/mol. The Morgan fingerprint density at radius 3 is 2.78 bits per heavy atom. The first kappa shape index (κ1) is 20.9. The van der Waals surface area contributed by atoms with Crippen LogP contribution < -0.4 is 10.5 Å². The Balaban J connectivity index is 2.00. The molecule has 1 aromatic rings. The molecule has 1 fully saturated rings. The fourth-order valence-electron chi connectivity index (χ4n) is 2.26. The van der Waals surface area contributed by atoms with Crippen LogP contribution in [-0.2, 0) is 19.1 Å². The van der Waals surface area contributed by atoms with Crippen LogP contribution in [0.25, 0.3) is 0 Å². The zero-order valence-corrected chi connectivity index (χ0v) is 16.4. The van der Waals surface area contributed by atoms with Crippen molar-refractivity contribution in [2.24, 2.45) is 0 Å². The van der Waals surface area contributed by atoms with Crippen LogP contribution in [-0.4, -0.2) is 55.4 Å². The first-order valence-corrected chi connectivity index (χ1v) is 9.35. The van der Waals surface area contributed by atoms with Crippen molar-refractivity contribution >= 4 is 46.9 Å². The number of benzene rings is 1. The zero-order valence-electron chi connectivity index (χ0n) is 14.8. The molecule has 1 saturated heterocycles. The van der Waals surface area contributed by atoms with Gasteiger partial charge >= 0.3 is 11.9 Å². The summed E-state index contributed by atoms with van der Waals surface area (Å²) < 4.78 is 15.2. The van der Waals surface area contributed by atoms with Crippen molar-refractivity contribution in [3.8, 4) is 5.75 Å². The molecule has 1 aliphatic rings. The number of anilines is 1. The standard InChI is InChI=1S/C17H19ClN2O6S/c1-3-25-16(22)8-15-20(14(21)9-27-15)4-5-26-17(23)10-6-11(18)12(19)7-13(10)24-2/h6-8H,3-5,9,19H2,1-2H3. The highest BCUT2D eigenvalue weighted by atomic mass is 35.5. The van der Waals surface area contributed by atoms with Crippen LogP contribution in [0.15, 0.2) is 23.2 Å². The third kappa shape index (κ3) is 5.30. The minimum absolute atomic E-state index is 0.0730. The summed E-state index contributed by atoms with van der Waals surface area (Å²) in [6.45, 7) is 1.97. The van der Waals surface area contributed by atoms with E-state index in [-0.39, 0.29) is 53.4 Å². The Labute approximate surface area is 165 Å². The molecule has 0 atom stereocenters. The lowest BCUT2D eigenvalue weighted by molar-refractivity contribution is -0.137. The van der Waals surface area contributed by atoms with Gasteiger partial charge < -0.3 is 24.8 Å². The van der Waals surface area contributed by atoms with Gasteiger partial charge in [0.15, 0.2) is 0 Å². The number of hydrogen-bond acceptors (Lipinski definition) is 8. The van der Waals surface area contributed by atoms with E-state index < -0.39 is 11.9 Å². The maximum atomic E-state index is 12.3. The van der Waals surface area contributed by atoms with E-state index >= 15 is 0 Å². The Kier molecular flexibility index (Phi) is 7.37. The van der Waals surface area contributed by atoms with Gasteiger partial charge in [-0.15, -0.1) is 0 Å². The summed E-state index contributed by atoms with van der Waals surface area (Å²) in [6, 6.07) is 2.79. The van der Waals surface area contributed by atoms with Gasteiger partial charge in [-0.3, -0.25) is 4.79 Å². The van der Waals surface area contributed by atoms with Crippen molar-refractivity contribution in [1.82, 2.24) is 4.90 Å². The predicted molar refractivity (Wildman–Crippen MR) is 102 cm³/mol. The van der Waals surface area contributed by atoms with Crippen molar-refractivity contribution < 1.29 is 28.6 Å². The van der Waals surface area contributed by atoms with E-state index in [1.807, 2.05) is 0 Å². The molecule has 0 saturated carbocycles. The molecule has 0 spiro atoms. The lowest BCUT2D eigenvalue weighted by Crippen LogP contribution is -2.29. The molecule has 0 radical (unpaired) electrons. The number of esters is 2. The molecule has 2 rings (SSSR count). The maximum absolute atomic E-state index is 12.3. The molecular weight excluding hydrogens is 396 g/mol. The number of nitrogen functional groups attached to an aromatic ring is 1. The third-order valence-corrected chi connectivity index (χ3v) is 4.88. The lowest BCUT2D eigenvalue weighted by atomic mass is 10.2. The Hall–Kier alpha value is -2.39. The Morgan fingerprint density at radius 1 is 1.37 bits per heavy atom. The molecule has 1 aromatic carbocycles. The molecule has 1 heterocycles.